The summed E-state index contributed by atoms with van der Waals surface area (Å²) < 4.78 is 1.53. The SMILES string of the molecule is Cc1cccc2c(=O)n(CCC(=O)NC[C@H]3CCCN(C(C)C)C3)cnc12. The van der Waals surface area contributed by atoms with Crippen LogP contribution >= 0.6 is 0 Å². The molecule has 1 atom stereocenters. The van der Waals surface area contributed by atoms with Gasteiger partial charge < -0.3 is 10.2 Å². The van der Waals surface area contributed by atoms with Crippen LogP contribution < -0.4 is 10.9 Å². The predicted octanol–water partition coefficient (Wildman–Crippen LogP) is 2.33. The van der Waals surface area contributed by atoms with Gasteiger partial charge in [-0.05, 0) is 57.7 Å². The number of likely N-dealkylation sites (tertiary alicyclic amines) is 1. The number of nitrogens with one attached hydrogen (secondary N) is 1. The van der Waals surface area contributed by atoms with Gasteiger partial charge in [0.15, 0.2) is 0 Å². The summed E-state index contributed by atoms with van der Waals surface area (Å²) >= 11 is 0. The van der Waals surface area contributed by atoms with Crippen molar-refractivity contribution in [2.45, 2.75) is 52.6 Å². The standard InChI is InChI=1S/C21H30N4O2/c1-15(2)24-10-5-7-17(13-24)12-22-19(26)9-11-25-14-23-20-16(3)6-4-8-18(20)21(25)27/h4,6,8,14-15,17H,5,7,9-13H2,1-3H3,(H,22,26)/t17-/m1/s1. The van der Waals surface area contributed by atoms with E-state index in [-0.39, 0.29) is 11.5 Å². The fourth-order valence-corrected chi connectivity index (χ4v) is 3.80. The van der Waals surface area contributed by atoms with Crippen LogP contribution in [0.25, 0.3) is 10.9 Å². The first-order valence-corrected chi connectivity index (χ1v) is 9.91. The van der Waals surface area contributed by atoms with Gasteiger partial charge in [-0.3, -0.25) is 14.2 Å². The highest BCUT2D eigenvalue weighted by atomic mass is 16.1. The van der Waals surface area contributed by atoms with Gasteiger partial charge in [0.1, 0.15) is 0 Å². The maximum absolute atomic E-state index is 12.6. The highest BCUT2D eigenvalue weighted by Gasteiger charge is 2.21. The summed E-state index contributed by atoms with van der Waals surface area (Å²) in [5.41, 5.74) is 1.63. The van der Waals surface area contributed by atoms with Crippen LogP contribution in [0.15, 0.2) is 29.3 Å². The van der Waals surface area contributed by atoms with Crippen LogP contribution in [0.1, 0.15) is 38.7 Å². The van der Waals surface area contributed by atoms with Crippen molar-refractivity contribution in [3.63, 3.8) is 0 Å². The zero-order valence-corrected chi connectivity index (χ0v) is 16.6. The van der Waals surface area contributed by atoms with E-state index in [2.05, 4.69) is 29.0 Å². The topological polar surface area (TPSA) is 67.2 Å². The summed E-state index contributed by atoms with van der Waals surface area (Å²) in [6.45, 7) is 9.65. The third-order valence-corrected chi connectivity index (χ3v) is 5.50. The molecule has 1 aromatic heterocycles. The van der Waals surface area contributed by atoms with E-state index in [1.54, 1.807) is 12.4 Å². The summed E-state index contributed by atoms with van der Waals surface area (Å²) in [4.78, 5) is 31.7. The van der Waals surface area contributed by atoms with Crippen LogP contribution in [-0.4, -0.2) is 46.0 Å². The average Bonchev–Trinajstić information content (AvgIpc) is 2.66. The van der Waals surface area contributed by atoms with Crippen LogP contribution in [0.5, 0.6) is 0 Å². The molecule has 0 spiro atoms. The van der Waals surface area contributed by atoms with Crippen molar-refractivity contribution in [2.24, 2.45) is 5.92 Å². The summed E-state index contributed by atoms with van der Waals surface area (Å²) in [5.74, 6) is 0.506. The highest BCUT2D eigenvalue weighted by molar-refractivity contribution is 5.80. The molecule has 6 nitrogen and oxygen atoms in total. The Morgan fingerprint density at radius 1 is 1.37 bits per heavy atom. The van der Waals surface area contributed by atoms with Gasteiger partial charge in [-0.2, -0.15) is 0 Å². The van der Waals surface area contributed by atoms with E-state index in [0.717, 1.165) is 30.6 Å². The third kappa shape index (κ3) is 4.75. The maximum atomic E-state index is 12.6. The molecule has 1 aliphatic heterocycles. The fourth-order valence-electron chi connectivity index (χ4n) is 3.80. The highest BCUT2D eigenvalue weighted by Crippen LogP contribution is 2.17. The lowest BCUT2D eigenvalue weighted by molar-refractivity contribution is -0.121. The van der Waals surface area contributed by atoms with Gasteiger partial charge in [0, 0.05) is 32.1 Å². The van der Waals surface area contributed by atoms with E-state index in [9.17, 15) is 9.59 Å². The number of para-hydroxylation sites is 1. The lowest BCUT2D eigenvalue weighted by Gasteiger charge is -2.35. The number of rotatable bonds is 6. The largest absolute Gasteiger partial charge is 0.356 e. The molecule has 3 rings (SSSR count). The minimum atomic E-state index is -0.0867. The van der Waals surface area contributed by atoms with Crippen LogP contribution in [0.2, 0.25) is 0 Å². The zero-order valence-electron chi connectivity index (χ0n) is 16.6. The molecule has 2 aromatic rings. The van der Waals surface area contributed by atoms with Gasteiger partial charge in [0.2, 0.25) is 5.91 Å². The summed E-state index contributed by atoms with van der Waals surface area (Å²) in [6, 6.07) is 6.15. The van der Waals surface area contributed by atoms with Crippen LogP contribution in [-0.2, 0) is 11.3 Å². The number of piperidine rings is 1. The Bertz CT molecular complexity index is 859. The van der Waals surface area contributed by atoms with E-state index < -0.39 is 0 Å². The molecule has 1 saturated heterocycles. The molecule has 0 unspecified atom stereocenters. The number of aryl methyl sites for hydroxylation is 2. The molecular weight excluding hydrogens is 340 g/mol. The van der Waals surface area contributed by atoms with Crippen LogP contribution in [0.4, 0.5) is 0 Å². The Labute approximate surface area is 160 Å². The van der Waals surface area contributed by atoms with E-state index in [1.165, 1.54) is 11.0 Å². The van der Waals surface area contributed by atoms with E-state index in [4.69, 9.17) is 0 Å². The fraction of sp³-hybridized carbons (Fsp3) is 0.571. The number of nitrogens with zero attached hydrogens (tertiary/aromatic N) is 3. The number of hydrogen-bond donors (Lipinski definition) is 1. The molecule has 2 heterocycles. The molecular formula is C21H30N4O2. The van der Waals surface area contributed by atoms with E-state index in [0.29, 0.717) is 36.9 Å². The lowest BCUT2D eigenvalue weighted by Crippen LogP contribution is -2.43. The summed E-state index contributed by atoms with van der Waals surface area (Å²) in [7, 11) is 0. The van der Waals surface area contributed by atoms with Crippen molar-refractivity contribution in [1.29, 1.82) is 0 Å². The van der Waals surface area contributed by atoms with Crippen molar-refractivity contribution < 1.29 is 4.79 Å². The molecule has 1 amide bonds. The van der Waals surface area contributed by atoms with Crippen molar-refractivity contribution >= 4 is 16.8 Å². The lowest BCUT2D eigenvalue weighted by atomic mass is 9.97. The number of carbonyl (C=O) groups is 1. The third-order valence-electron chi connectivity index (χ3n) is 5.50. The normalized spacial score (nSPS) is 18.1. The van der Waals surface area contributed by atoms with E-state index in [1.807, 2.05) is 19.1 Å². The monoisotopic (exact) mass is 370 g/mol. The summed E-state index contributed by atoms with van der Waals surface area (Å²) in [6.07, 6.45) is 4.19. The van der Waals surface area contributed by atoms with Crippen molar-refractivity contribution in [3.05, 3.63) is 40.4 Å². The van der Waals surface area contributed by atoms with Gasteiger partial charge >= 0.3 is 0 Å². The molecule has 1 aromatic carbocycles. The molecule has 0 saturated carbocycles. The quantitative estimate of drug-likeness (QED) is 0.847. The Kier molecular flexibility index (Phi) is 6.26. The second kappa shape index (κ2) is 8.65. The Morgan fingerprint density at radius 3 is 2.96 bits per heavy atom. The predicted molar refractivity (Wildman–Crippen MR) is 108 cm³/mol. The number of aromatic nitrogens is 2. The van der Waals surface area contributed by atoms with Crippen molar-refractivity contribution in [3.8, 4) is 0 Å². The van der Waals surface area contributed by atoms with Gasteiger partial charge in [0.25, 0.3) is 5.56 Å². The number of hydrogen-bond acceptors (Lipinski definition) is 4. The first-order valence-electron chi connectivity index (χ1n) is 9.91. The molecule has 0 aliphatic carbocycles. The first-order chi connectivity index (χ1) is 13.0. The molecule has 0 radical (unpaired) electrons. The molecule has 0 bridgehead atoms. The van der Waals surface area contributed by atoms with Gasteiger partial charge in [-0.25, -0.2) is 4.98 Å². The van der Waals surface area contributed by atoms with Crippen molar-refractivity contribution in [1.82, 2.24) is 19.8 Å². The Balaban J connectivity index is 1.53. The maximum Gasteiger partial charge on any atom is 0.261 e. The number of benzene rings is 1. The smallest absolute Gasteiger partial charge is 0.261 e. The average molecular weight is 370 g/mol. The van der Waals surface area contributed by atoms with Crippen LogP contribution in [0, 0.1) is 12.8 Å². The molecule has 1 N–H and O–H groups in total. The molecule has 1 fully saturated rings. The number of fused-ring (bicyclic) bond motifs is 1. The molecule has 6 heteroatoms. The first kappa shape index (κ1) is 19.5. The van der Waals surface area contributed by atoms with Gasteiger partial charge in [-0.15, -0.1) is 0 Å². The summed E-state index contributed by atoms with van der Waals surface area (Å²) in [5, 5.41) is 3.65. The Hall–Kier alpha value is -2.21. The number of amides is 1. The Morgan fingerprint density at radius 2 is 2.19 bits per heavy atom. The number of carbonyl (C=O) groups excluding carboxylic acids is 1. The molecule has 1 aliphatic rings. The van der Waals surface area contributed by atoms with Crippen LogP contribution in [0.3, 0.4) is 0 Å². The van der Waals surface area contributed by atoms with E-state index >= 15 is 0 Å². The van der Waals surface area contributed by atoms with Crippen molar-refractivity contribution in [2.75, 3.05) is 19.6 Å². The van der Waals surface area contributed by atoms with Gasteiger partial charge in [-0.1, -0.05) is 12.1 Å². The minimum Gasteiger partial charge on any atom is -0.356 e. The second-order valence-corrected chi connectivity index (χ2v) is 7.87. The van der Waals surface area contributed by atoms with Gasteiger partial charge in [0.05, 0.1) is 17.2 Å². The second-order valence-electron chi connectivity index (χ2n) is 7.87. The molecule has 27 heavy (non-hydrogen) atoms. The molecule has 146 valence electrons. The zero-order chi connectivity index (χ0) is 19.4. The minimum absolute atomic E-state index is 0.00657.